The van der Waals surface area contributed by atoms with Gasteiger partial charge in [0.05, 0.1) is 0 Å². The van der Waals surface area contributed by atoms with Gasteiger partial charge in [0.2, 0.25) is 0 Å². The standard InChI is InChI=1S/C4H9FN2O/c1-6-4(8)7(2)3-5/h3H2,1-2H3,(H,6,8). The highest BCUT2D eigenvalue weighted by Crippen LogP contribution is 1.80. The normalized spacial score (nSPS) is 8.38. The van der Waals surface area contributed by atoms with E-state index >= 15 is 0 Å². The highest BCUT2D eigenvalue weighted by atomic mass is 19.1. The van der Waals surface area contributed by atoms with Crippen molar-refractivity contribution in [3.8, 4) is 0 Å². The number of alkyl halides is 1. The van der Waals surface area contributed by atoms with Crippen LogP contribution in [-0.4, -0.2) is 31.8 Å². The number of urea groups is 1. The van der Waals surface area contributed by atoms with Crippen LogP contribution < -0.4 is 5.32 Å². The van der Waals surface area contributed by atoms with Gasteiger partial charge >= 0.3 is 6.03 Å². The molecule has 2 amide bonds. The van der Waals surface area contributed by atoms with Gasteiger partial charge in [-0.05, 0) is 0 Å². The molecule has 0 aromatic carbocycles. The minimum Gasteiger partial charge on any atom is -0.341 e. The van der Waals surface area contributed by atoms with Crippen LogP contribution in [0.15, 0.2) is 0 Å². The first-order valence-corrected chi connectivity index (χ1v) is 2.21. The molecular weight excluding hydrogens is 111 g/mol. The summed E-state index contributed by atoms with van der Waals surface area (Å²) in [5, 5.41) is 2.26. The molecule has 0 aliphatic carbocycles. The molecule has 0 saturated heterocycles. The zero-order valence-corrected chi connectivity index (χ0v) is 4.94. The molecular formula is C4H9FN2O. The Balaban J connectivity index is 3.46. The monoisotopic (exact) mass is 120 g/mol. The molecule has 8 heavy (non-hydrogen) atoms. The molecule has 0 fully saturated rings. The summed E-state index contributed by atoms with van der Waals surface area (Å²) in [5.74, 6) is 0. The smallest absolute Gasteiger partial charge is 0.318 e. The van der Waals surface area contributed by atoms with E-state index in [1.165, 1.54) is 14.1 Å². The molecule has 0 aromatic heterocycles. The van der Waals surface area contributed by atoms with E-state index in [4.69, 9.17) is 0 Å². The third-order valence-corrected chi connectivity index (χ3v) is 0.740. The van der Waals surface area contributed by atoms with E-state index in [-0.39, 0.29) is 0 Å². The molecule has 0 atom stereocenters. The lowest BCUT2D eigenvalue weighted by molar-refractivity contribution is 0.189. The maximum Gasteiger partial charge on any atom is 0.318 e. The first-order valence-electron chi connectivity index (χ1n) is 2.21. The lowest BCUT2D eigenvalue weighted by Gasteiger charge is -2.09. The second-order valence-electron chi connectivity index (χ2n) is 1.37. The van der Waals surface area contributed by atoms with Crippen LogP contribution in [0, 0.1) is 0 Å². The number of carbonyl (C=O) groups excluding carboxylic acids is 1. The molecule has 4 heteroatoms. The fourth-order valence-electron chi connectivity index (χ4n) is 0.245. The number of halogens is 1. The second kappa shape index (κ2) is 3.23. The van der Waals surface area contributed by atoms with Gasteiger partial charge in [0, 0.05) is 14.1 Å². The Kier molecular flexibility index (Phi) is 2.91. The van der Waals surface area contributed by atoms with Gasteiger partial charge < -0.3 is 5.32 Å². The van der Waals surface area contributed by atoms with Gasteiger partial charge in [0.25, 0.3) is 0 Å². The van der Waals surface area contributed by atoms with E-state index in [1.807, 2.05) is 0 Å². The molecule has 0 unspecified atom stereocenters. The van der Waals surface area contributed by atoms with Crippen molar-refractivity contribution in [1.29, 1.82) is 0 Å². The van der Waals surface area contributed by atoms with Crippen molar-refractivity contribution in [2.45, 2.75) is 0 Å². The average molecular weight is 120 g/mol. The van der Waals surface area contributed by atoms with Crippen LogP contribution in [0.4, 0.5) is 9.18 Å². The number of amides is 2. The molecule has 0 heterocycles. The number of nitrogens with one attached hydrogen (secondary N) is 1. The van der Waals surface area contributed by atoms with Crippen LogP contribution in [0.2, 0.25) is 0 Å². The van der Waals surface area contributed by atoms with Crippen LogP contribution in [-0.2, 0) is 0 Å². The van der Waals surface area contributed by atoms with Crippen LogP contribution in [0.3, 0.4) is 0 Å². The molecule has 1 N–H and O–H groups in total. The molecule has 0 radical (unpaired) electrons. The maximum atomic E-state index is 11.5. The fourth-order valence-corrected chi connectivity index (χ4v) is 0.245. The lowest BCUT2D eigenvalue weighted by Crippen LogP contribution is -2.34. The highest BCUT2D eigenvalue weighted by molar-refractivity contribution is 5.73. The van der Waals surface area contributed by atoms with Gasteiger partial charge in [0.15, 0.2) is 6.80 Å². The summed E-state index contributed by atoms with van der Waals surface area (Å²) in [6, 6.07) is -0.410. The zero-order valence-electron chi connectivity index (χ0n) is 4.94. The first-order chi connectivity index (χ1) is 3.72. The Morgan fingerprint density at radius 3 is 2.50 bits per heavy atom. The van der Waals surface area contributed by atoms with E-state index in [1.54, 1.807) is 0 Å². The summed E-state index contributed by atoms with van der Waals surface area (Å²) in [7, 11) is 2.83. The molecule has 0 rings (SSSR count). The quantitative estimate of drug-likeness (QED) is 0.492. The topological polar surface area (TPSA) is 32.3 Å². The third kappa shape index (κ3) is 1.77. The molecule has 0 saturated carbocycles. The maximum absolute atomic E-state index is 11.5. The van der Waals surface area contributed by atoms with Gasteiger partial charge in [-0.15, -0.1) is 0 Å². The van der Waals surface area contributed by atoms with E-state index < -0.39 is 12.8 Å². The van der Waals surface area contributed by atoms with Crippen LogP contribution >= 0.6 is 0 Å². The summed E-state index contributed by atoms with van der Waals surface area (Å²) in [6.45, 7) is -0.750. The number of carbonyl (C=O) groups is 1. The predicted octanol–water partition coefficient (Wildman–Crippen LogP) is 0.185. The number of hydrogen-bond acceptors (Lipinski definition) is 1. The van der Waals surface area contributed by atoms with Crippen molar-refractivity contribution in [3.63, 3.8) is 0 Å². The van der Waals surface area contributed by atoms with Crippen molar-refractivity contribution in [2.24, 2.45) is 0 Å². The highest BCUT2D eigenvalue weighted by Gasteiger charge is 2.01. The van der Waals surface area contributed by atoms with Crippen LogP contribution in [0.25, 0.3) is 0 Å². The summed E-state index contributed by atoms with van der Waals surface area (Å²) in [6.07, 6.45) is 0. The van der Waals surface area contributed by atoms with Gasteiger partial charge in [-0.25, -0.2) is 9.18 Å². The number of rotatable bonds is 1. The number of hydrogen-bond donors (Lipinski definition) is 1. The average Bonchev–Trinajstić information content (AvgIpc) is 1.84. The molecule has 0 spiro atoms. The molecule has 48 valence electrons. The van der Waals surface area contributed by atoms with Crippen LogP contribution in [0.5, 0.6) is 0 Å². The minimum atomic E-state index is -0.750. The summed E-state index contributed by atoms with van der Waals surface area (Å²) >= 11 is 0. The Bertz CT molecular complexity index is 86.1. The first kappa shape index (κ1) is 7.20. The van der Waals surface area contributed by atoms with Gasteiger partial charge in [-0.2, -0.15) is 0 Å². The Morgan fingerprint density at radius 2 is 2.38 bits per heavy atom. The van der Waals surface area contributed by atoms with E-state index in [2.05, 4.69) is 5.32 Å². The van der Waals surface area contributed by atoms with Crippen molar-refractivity contribution < 1.29 is 9.18 Å². The minimum absolute atomic E-state index is 0.410. The summed E-state index contributed by atoms with van der Waals surface area (Å²) in [4.78, 5) is 11.2. The Hall–Kier alpha value is -0.800. The Labute approximate surface area is 47.5 Å². The van der Waals surface area contributed by atoms with Gasteiger partial charge in [0.1, 0.15) is 0 Å². The second-order valence-corrected chi connectivity index (χ2v) is 1.37. The van der Waals surface area contributed by atoms with Crippen molar-refractivity contribution in [2.75, 3.05) is 20.9 Å². The molecule has 0 aromatic rings. The zero-order chi connectivity index (χ0) is 6.57. The van der Waals surface area contributed by atoms with E-state index in [9.17, 15) is 9.18 Å². The van der Waals surface area contributed by atoms with Crippen molar-refractivity contribution in [1.82, 2.24) is 10.2 Å². The van der Waals surface area contributed by atoms with Gasteiger partial charge in [-0.1, -0.05) is 0 Å². The van der Waals surface area contributed by atoms with Gasteiger partial charge in [-0.3, -0.25) is 4.90 Å². The van der Waals surface area contributed by atoms with Crippen molar-refractivity contribution in [3.05, 3.63) is 0 Å². The molecule has 3 nitrogen and oxygen atoms in total. The van der Waals surface area contributed by atoms with Crippen LogP contribution in [0.1, 0.15) is 0 Å². The molecule has 0 aliphatic heterocycles. The molecule has 0 bridgehead atoms. The SMILES string of the molecule is CNC(=O)N(C)CF. The third-order valence-electron chi connectivity index (χ3n) is 0.740. The van der Waals surface area contributed by atoms with E-state index in [0.717, 1.165) is 4.90 Å². The van der Waals surface area contributed by atoms with Crippen molar-refractivity contribution >= 4 is 6.03 Å². The predicted molar refractivity (Wildman–Crippen MR) is 28.2 cm³/mol. The molecule has 0 aliphatic rings. The fraction of sp³-hybridized carbons (Fsp3) is 0.750. The Morgan fingerprint density at radius 1 is 1.88 bits per heavy atom. The summed E-state index contributed by atoms with van der Waals surface area (Å²) < 4.78 is 11.5. The summed E-state index contributed by atoms with van der Waals surface area (Å²) in [5.41, 5.74) is 0. The number of nitrogens with zero attached hydrogens (tertiary/aromatic N) is 1. The largest absolute Gasteiger partial charge is 0.341 e. The lowest BCUT2D eigenvalue weighted by atomic mass is 10.8. The van der Waals surface area contributed by atoms with E-state index in [0.29, 0.717) is 0 Å².